The molecule has 0 amide bonds. The lowest BCUT2D eigenvalue weighted by Gasteiger charge is -2.14. The molecule has 0 aromatic heterocycles. The maximum Gasteiger partial charge on any atom is 0.264 e. The van der Waals surface area contributed by atoms with Gasteiger partial charge in [-0.25, -0.2) is 8.42 Å². The summed E-state index contributed by atoms with van der Waals surface area (Å²) in [5.41, 5.74) is 4.22. The van der Waals surface area contributed by atoms with Crippen LogP contribution in [0.5, 0.6) is 0 Å². The Morgan fingerprint density at radius 1 is 1.14 bits per heavy atom. The Bertz CT molecular complexity index is 748. The zero-order chi connectivity index (χ0) is 15.5. The van der Waals surface area contributed by atoms with Crippen molar-refractivity contribution in [3.63, 3.8) is 0 Å². The Morgan fingerprint density at radius 2 is 1.86 bits per heavy atom. The number of aryl methyl sites for hydroxylation is 1. The van der Waals surface area contributed by atoms with Crippen molar-refractivity contribution in [1.29, 1.82) is 0 Å². The van der Waals surface area contributed by atoms with E-state index in [4.69, 9.17) is 5.84 Å². The van der Waals surface area contributed by atoms with Crippen LogP contribution < -0.4 is 16.0 Å². The minimum Gasteiger partial charge on any atom is -0.323 e. The summed E-state index contributed by atoms with van der Waals surface area (Å²) in [6, 6.07) is 11.9. The van der Waals surface area contributed by atoms with Gasteiger partial charge in [-0.1, -0.05) is 35.0 Å². The van der Waals surface area contributed by atoms with Crippen molar-refractivity contribution in [1.82, 2.24) is 0 Å². The van der Waals surface area contributed by atoms with E-state index >= 15 is 0 Å². The Morgan fingerprint density at radius 3 is 2.52 bits per heavy atom. The van der Waals surface area contributed by atoms with E-state index < -0.39 is 10.0 Å². The van der Waals surface area contributed by atoms with E-state index in [1.54, 1.807) is 30.3 Å². The molecule has 0 aliphatic heterocycles. The number of nitrogens with two attached hydrogens (primary N) is 1. The Kier molecular flexibility index (Phi) is 4.87. The first kappa shape index (κ1) is 15.8. The van der Waals surface area contributed by atoms with Gasteiger partial charge < -0.3 is 5.43 Å². The lowest BCUT2D eigenvalue weighted by Crippen LogP contribution is -2.18. The van der Waals surface area contributed by atoms with Crippen molar-refractivity contribution in [3.8, 4) is 0 Å². The first-order valence-corrected chi connectivity index (χ1v) is 8.62. The summed E-state index contributed by atoms with van der Waals surface area (Å²) < 4.78 is 28.6. The number of benzene rings is 2. The van der Waals surface area contributed by atoms with Gasteiger partial charge in [0.05, 0.1) is 11.4 Å². The summed E-state index contributed by atoms with van der Waals surface area (Å²) >= 11 is 3.38. The second-order valence-electron chi connectivity index (χ2n) is 4.40. The fourth-order valence-electron chi connectivity index (χ4n) is 1.97. The van der Waals surface area contributed by atoms with Crippen LogP contribution in [0.25, 0.3) is 0 Å². The topological polar surface area (TPSA) is 84.2 Å². The maximum atomic E-state index is 12.5. The van der Waals surface area contributed by atoms with Gasteiger partial charge in [0, 0.05) is 4.47 Å². The third kappa shape index (κ3) is 3.55. The summed E-state index contributed by atoms with van der Waals surface area (Å²) in [6.45, 7) is 1.97. The molecule has 2 aromatic carbocycles. The summed E-state index contributed by atoms with van der Waals surface area (Å²) in [7, 11) is -3.71. The number of sulfonamides is 1. The number of rotatable bonds is 5. The van der Waals surface area contributed by atoms with Gasteiger partial charge in [0.15, 0.2) is 0 Å². The molecule has 0 saturated heterocycles. The second kappa shape index (κ2) is 6.46. The second-order valence-corrected chi connectivity index (χ2v) is 6.97. The van der Waals surface area contributed by atoms with Crippen molar-refractivity contribution in [2.45, 2.75) is 18.2 Å². The van der Waals surface area contributed by atoms with Crippen LogP contribution in [0.1, 0.15) is 12.5 Å². The molecule has 2 aromatic rings. The zero-order valence-electron chi connectivity index (χ0n) is 11.4. The molecule has 2 rings (SSSR count). The molecule has 0 aliphatic rings. The molecule has 0 aliphatic carbocycles. The lowest BCUT2D eigenvalue weighted by molar-refractivity contribution is 0.601. The molecule has 0 atom stereocenters. The largest absolute Gasteiger partial charge is 0.323 e. The van der Waals surface area contributed by atoms with Crippen LogP contribution in [-0.2, 0) is 16.4 Å². The molecular formula is C14H16BrN3O2S. The van der Waals surface area contributed by atoms with Crippen molar-refractivity contribution in [2.24, 2.45) is 5.84 Å². The lowest BCUT2D eigenvalue weighted by atomic mass is 10.1. The average molecular weight is 370 g/mol. The third-order valence-corrected chi connectivity index (χ3v) is 4.94. The van der Waals surface area contributed by atoms with E-state index in [2.05, 4.69) is 26.1 Å². The average Bonchev–Trinajstić information content (AvgIpc) is 2.48. The Hall–Kier alpha value is -1.57. The highest BCUT2D eigenvalue weighted by molar-refractivity contribution is 9.10. The molecule has 112 valence electrons. The minimum absolute atomic E-state index is 0.109. The number of hydrogen-bond acceptors (Lipinski definition) is 4. The zero-order valence-corrected chi connectivity index (χ0v) is 13.8. The Labute approximate surface area is 132 Å². The fraction of sp³-hybridized carbons (Fsp3) is 0.143. The van der Waals surface area contributed by atoms with E-state index in [0.717, 1.165) is 10.0 Å². The van der Waals surface area contributed by atoms with Crippen molar-refractivity contribution in [3.05, 3.63) is 52.5 Å². The van der Waals surface area contributed by atoms with E-state index in [0.29, 0.717) is 17.8 Å². The van der Waals surface area contributed by atoms with Gasteiger partial charge in [-0.05, 0) is 42.3 Å². The minimum atomic E-state index is -3.71. The SMILES string of the molecule is CCc1cc(Br)ccc1NS(=O)(=O)c1ccccc1NN. The molecule has 0 heterocycles. The molecule has 21 heavy (non-hydrogen) atoms. The summed E-state index contributed by atoms with van der Waals surface area (Å²) in [4.78, 5) is 0.109. The normalized spacial score (nSPS) is 11.2. The first-order chi connectivity index (χ1) is 9.97. The van der Waals surface area contributed by atoms with Crippen LogP contribution in [0.4, 0.5) is 11.4 Å². The highest BCUT2D eigenvalue weighted by Gasteiger charge is 2.19. The van der Waals surface area contributed by atoms with Crippen molar-refractivity contribution >= 4 is 37.3 Å². The van der Waals surface area contributed by atoms with Crippen molar-refractivity contribution in [2.75, 3.05) is 10.1 Å². The Balaban J connectivity index is 2.42. The highest BCUT2D eigenvalue weighted by atomic mass is 79.9. The molecule has 0 fully saturated rings. The number of hydrazine groups is 1. The van der Waals surface area contributed by atoms with E-state index in [-0.39, 0.29) is 4.90 Å². The van der Waals surface area contributed by atoms with Gasteiger partial charge in [-0.2, -0.15) is 0 Å². The summed E-state index contributed by atoms with van der Waals surface area (Å²) in [5, 5.41) is 0. The highest BCUT2D eigenvalue weighted by Crippen LogP contribution is 2.26. The standard InChI is InChI=1S/C14H16BrN3O2S/c1-2-10-9-11(15)7-8-12(10)18-21(19,20)14-6-4-3-5-13(14)17-16/h3-9,17-18H,2,16H2,1H3. The van der Waals surface area contributed by atoms with Crippen LogP contribution in [0.2, 0.25) is 0 Å². The van der Waals surface area contributed by atoms with Crippen LogP contribution >= 0.6 is 15.9 Å². The van der Waals surface area contributed by atoms with E-state index in [1.165, 1.54) is 6.07 Å². The monoisotopic (exact) mass is 369 g/mol. The molecular weight excluding hydrogens is 354 g/mol. The fourth-order valence-corrected chi connectivity index (χ4v) is 3.66. The smallest absolute Gasteiger partial charge is 0.264 e. The molecule has 5 nitrogen and oxygen atoms in total. The van der Waals surface area contributed by atoms with E-state index in [1.807, 2.05) is 13.0 Å². The first-order valence-electron chi connectivity index (χ1n) is 6.35. The number of nitrogen functional groups attached to an aromatic ring is 1. The number of hydrogen-bond donors (Lipinski definition) is 3. The van der Waals surface area contributed by atoms with Gasteiger partial charge >= 0.3 is 0 Å². The molecule has 0 unspecified atom stereocenters. The predicted octanol–water partition coefficient (Wildman–Crippen LogP) is 3.10. The quantitative estimate of drug-likeness (QED) is 0.558. The van der Waals surface area contributed by atoms with E-state index in [9.17, 15) is 8.42 Å². The molecule has 0 spiro atoms. The maximum absolute atomic E-state index is 12.5. The molecule has 7 heteroatoms. The number of halogens is 1. The van der Waals surface area contributed by atoms with Crippen LogP contribution in [0.15, 0.2) is 51.8 Å². The van der Waals surface area contributed by atoms with Gasteiger partial charge in [0.1, 0.15) is 4.90 Å². The van der Waals surface area contributed by atoms with Crippen LogP contribution in [0.3, 0.4) is 0 Å². The number of nitrogens with one attached hydrogen (secondary N) is 2. The van der Waals surface area contributed by atoms with Crippen LogP contribution in [0, 0.1) is 0 Å². The molecule has 4 N–H and O–H groups in total. The van der Waals surface area contributed by atoms with Gasteiger partial charge in [-0.3, -0.25) is 10.6 Å². The molecule has 0 bridgehead atoms. The van der Waals surface area contributed by atoms with Gasteiger partial charge in [0.25, 0.3) is 10.0 Å². The molecule has 0 radical (unpaired) electrons. The van der Waals surface area contributed by atoms with Gasteiger partial charge in [-0.15, -0.1) is 0 Å². The summed E-state index contributed by atoms with van der Waals surface area (Å²) in [5.74, 6) is 5.37. The third-order valence-electron chi connectivity index (χ3n) is 3.02. The number of para-hydroxylation sites is 1. The predicted molar refractivity (Wildman–Crippen MR) is 88.6 cm³/mol. The van der Waals surface area contributed by atoms with Crippen LogP contribution in [-0.4, -0.2) is 8.42 Å². The molecule has 0 saturated carbocycles. The van der Waals surface area contributed by atoms with Crippen molar-refractivity contribution < 1.29 is 8.42 Å². The number of anilines is 2. The summed E-state index contributed by atoms with van der Waals surface area (Å²) in [6.07, 6.45) is 0.716. The van der Waals surface area contributed by atoms with Gasteiger partial charge in [0.2, 0.25) is 0 Å².